The second-order valence-corrected chi connectivity index (χ2v) is 11.5. The molecule has 0 unspecified atom stereocenters. The standard InChI is InChI=1S/C34H37N3O8/c1-34(2,37(4)33(44)45-20-26-24-16-10-8-14-22(24)23-15-9-11-17-25(23)26)32(43)36(3)28(18-21-12-6-5-7-13-21)30(40)35-27(31(41)42)19-29(38)39/h5-17,26-28H,18-20H2,1-4H3,(H,35,40)(H,38,39)(H,41,42)/t27-,28-/m0/s1. The Morgan fingerprint density at radius 3 is 1.91 bits per heavy atom. The Bertz CT molecular complexity index is 1540. The van der Waals surface area contributed by atoms with Crippen molar-refractivity contribution in [2.24, 2.45) is 0 Å². The minimum Gasteiger partial charge on any atom is -0.481 e. The van der Waals surface area contributed by atoms with E-state index in [1.807, 2.05) is 48.5 Å². The van der Waals surface area contributed by atoms with Crippen LogP contribution in [0.1, 0.15) is 42.9 Å². The zero-order valence-electron chi connectivity index (χ0n) is 25.6. The molecule has 0 heterocycles. The highest BCUT2D eigenvalue weighted by atomic mass is 16.6. The van der Waals surface area contributed by atoms with Gasteiger partial charge in [0.2, 0.25) is 11.8 Å². The first-order valence-electron chi connectivity index (χ1n) is 14.5. The highest BCUT2D eigenvalue weighted by molar-refractivity contribution is 5.95. The summed E-state index contributed by atoms with van der Waals surface area (Å²) in [4.78, 5) is 65.8. The summed E-state index contributed by atoms with van der Waals surface area (Å²) < 4.78 is 5.75. The summed E-state index contributed by atoms with van der Waals surface area (Å²) in [5.41, 5.74) is 3.44. The number of rotatable bonds is 12. The molecule has 0 spiro atoms. The summed E-state index contributed by atoms with van der Waals surface area (Å²) in [6.07, 6.45) is -1.56. The maximum Gasteiger partial charge on any atom is 0.410 e. The van der Waals surface area contributed by atoms with Crippen molar-refractivity contribution in [1.82, 2.24) is 15.1 Å². The number of hydrogen-bond acceptors (Lipinski definition) is 6. The fraction of sp³-hybridized carbons (Fsp3) is 0.324. The molecule has 0 bridgehead atoms. The maximum absolute atomic E-state index is 13.9. The molecule has 0 saturated carbocycles. The fourth-order valence-electron chi connectivity index (χ4n) is 5.52. The van der Waals surface area contributed by atoms with E-state index < -0.39 is 53.9 Å². The van der Waals surface area contributed by atoms with Crippen LogP contribution in [-0.2, 0) is 30.3 Å². The van der Waals surface area contributed by atoms with Crippen LogP contribution in [0.25, 0.3) is 11.1 Å². The van der Waals surface area contributed by atoms with Gasteiger partial charge < -0.3 is 25.2 Å². The van der Waals surface area contributed by atoms with Crippen LogP contribution in [0.3, 0.4) is 0 Å². The minimum absolute atomic E-state index is 0.0130. The van der Waals surface area contributed by atoms with Crippen molar-refractivity contribution >= 4 is 29.8 Å². The number of benzene rings is 3. The molecule has 3 aromatic carbocycles. The van der Waals surface area contributed by atoms with Crippen LogP contribution >= 0.6 is 0 Å². The molecule has 0 aromatic heterocycles. The Kier molecular flexibility index (Phi) is 9.91. The number of amides is 3. The van der Waals surface area contributed by atoms with Crippen molar-refractivity contribution in [3.05, 3.63) is 95.6 Å². The highest BCUT2D eigenvalue weighted by Gasteiger charge is 2.42. The van der Waals surface area contributed by atoms with Gasteiger partial charge in [0.25, 0.3) is 0 Å². The predicted octanol–water partition coefficient (Wildman–Crippen LogP) is 3.76. The van der Waals surface area contributed by atoms with Gasteiger partial charge in [-0.15, -0.1) is 0 Å². The van der Waals surface area contributed by atoms with E-state index in [0.29, 0.717) is 5.56 Å². The lowest BCUT2D eigenvalue weighted by Crippen LogP contribution is -2.61. The molecule has 0 saturated heterocycles. The molecule has 45 heavy (non-hydrogen) atoms. The van der Waals surface area contributed by atoms with Crippen LogP contribution in [0.4, 0.5) is 4.79 Å². The van der Waals surface area contributed by atoms with Crippen molar-refractivity contribution in [3.63, 3.8) is 0 Å². The van der Waals surface area contributed by atoms with Crippen LogP contribution in [0, 0.1) is 0 Å². The van der Waals surface area contributed by atoms with Gasteiger partial charge >= 0.3 is 18.0 Å². The number of carboxylic acids is 2. The second kappa shape index (κ2) is 13.6. The smallest absolute Gasteiger partial charge is 0.410 e. The Morgan fingerprint density at radius 1 is 0.844 bits per heavy atom. The number of carboxylic acid groups (broad SMARTS) is 2. The minimum atomic E-state index is -1.70. The predicted molar refractivity (Wildman–Crippen MR) is 165 cm³/mol. The van der Waals surface area contributed by atoms with E-state index in [4.69, 9.17) is 9.84 Å². The Balaban J connectivity index is 1.51. The van der Waals surface area contributed by atoms with Gasteiger partial charge in [-0.25, -0.2) is 9.59 Å². The summed E-state index contributed by atoms with van der Waals surface area (Å²) in [6.45, 7) is 3.10. The SMILES string of the molecule is CN(C(=O)C(C)(C)N(C)C(=O)OCC1c2ccccc2-c2ccccc21)[C@@H](Cc1ccccc1)C(=O)N[C@@H](CC(=O)O)C(=O)O. The number of nitrogens with one attached hydrogen (secondary N) is 1. The summed E-state index contributed by atoms with van der Waals surface area (Å²) >= 11 is 0. The molecule has 3 aromatic rings. The monoisotopic (exact) mass is 615 g/mol. The molecule has 236 valence electrons. The fourth-order valence-corrected chi connectivity index (χ4v) is 5.52. The van der Waals surface area contributed by atoms with Crippen molar-refractivity contribution < 1.29 is 38.9 Å². The lowest BCUT2D eigenvalue weighted by Gasteiger charge is -2.39. The summed E-state index contributed by atoms with van der Waals surface area (Å²) in [6, 6.07) is 21.7. The van der Waals surface area contributed by atoms with Gasteiger partial charge in [0.15, 0.2) is 0 Å². The lowest BCUT2D eigenvalue weighted by molar-refractivity contribution is -0.150. The van der Waals surface area contributed by atoms with Crippen LogP contribution in [-0.4, -0.2) is 88.2 Å². The Hall–Kier alpha value is -5.19. The first-order valence-corrected chi connectivity index (χ1v) is 14.5. The quantitative estimate of drug-likeness (QED) is 0.278. The first-order chi connectivity index (χ1) is 21.3. The van der Waals surface area contributed by atoms with Crippen LogP contribution in [0.15, 0.2) is 78.9 Å². The average molecular weight is 616 g/mol. The summed E-state index contributed by atoms with van der Waals surface area (Å²) in [5, 5.41) is 20.8. The molecule has 11 nitrogen and oxygen atoms in total. The normalized spacial score (nSPS) is 13.5. The van der Waals surface area contributed by atoms with Gasteiger partial charge in [-0.2, -0.15) is 0 Å². The molecule has 0 fully saturated rings. The van der Waals surface area contributed by atoms with E-state index >= 15 is 0 Å². The number of nitrogens with zero attached hydrogens (tertiary/aromatic N) is 2. The molecule has 1 aliphatic rings. The van der Waals surface area contributed by atoms with Gasteiger partial charge in [0.05, 0.1) is 6.42 Å². The number of aliphatic carboxylic acids is 2. The van der Waals surface area contributed by atoms with Gasteiger partial charge in [-0.05, 0) is 41.7 Å². The number of fused-ring (bicyclic) bond motifs is 3. The lowest BCUT2D eigenvalue weighted by atomic mass is 9.97. The van der Waals surface area contributed by atoms with Gasteiger partial charge in [0, 0.05) is 26.4 Å². The number of hydrogen-bond donors (Lipinski definition) is 3. The third-order valence-corrected chi connectivity index (χ3v) is 8.33. The first kappa shape index (κ1) is 32.7. The third-order valence-electron chi connectivity index (χ3n) is 8.33. The topological polar surface area (TPSA) is 154 Å². The van der Waals surface area contributed by atoms with Gasteiger partial charge in [-0.3, -0.25) is 19.3 Å². The third kappa shape index (κ3) is 7.14. The largest absolute Gasteiger partial charge is 0.481 e. The molecular weight excluding hydrogens is 578 g/mol. The van der Waals surface area contributed by atoms with Crippen LogP contribution in [0.5, 0.6) is 0 Å². The zero-order chi connectivity index (χ0) is 32.9. The molecule has 3 amide bonds. The summed E-state index contributed by atoms with van der Waals surface area (Å²) in [5.74, 6) is -4.56. The molecule has 2 atom stereocenters. The van der Waals surface area contributed by atoms with E-state index in [1.165, 1.54) is 32.8 Å². The van der Waals surface area contributed by atoms with E-state index in [9.17, 15) is 29.1 Å². The zero-order valence-corrected chi connectivity index (χ0v) is 25.6. The number of carbonyl (C=O) groups excluding carboxylic acids is 3. The van der Waals surface area contributed by atoms with Crippen molar-refractivity contribution in [3.8, 4) is 11.1 Å². The van der Waals surface area contributed by atoms with Crippen LogP contribution < -0.4 is 5.32 Å². The average Bonchev–Trinajstić information content (AvgIpc) is 3.34. The van der Waals surface area contributed by atoms with Crippen molar-refractivity contribution in [2.75, 3.05) is 20.7 Å². The number of ether oxygens (including phenoxy) is 1. The molecule has 1 aliphatic carbocycles. The molecule has 4 rings (SSSR count). The van der Waals surface area contributed by atoms with Crippen LogP contribution in [0.2, 0.25) is 0 Å². The Morgan fingerprint density at radius 2 is 1.38 bits per heavy atom. The van der Waals surface area contributed by atoms with Crippen molar-refractivity contribution in [1.29, 1.82) is 0 Å². The molecule has 0 radical (unpaired) electrons. The van der Waals surface area contributed by atoms with Gasteiger partial charge in [-0.1, -0.05) is 78.9 Å². The van der Waals surface area contributed by atoms with E-state index in [2.05, 4.69) is 5.32 Å². The number of likely N-dealkylation sites (N-methyl/N-ethyl adjacent to an activating group) is 2. The molecule has 11 heteroatoms. The van der Waals surface area contributed by atoms with Gasteiger partial charge in [0.1, 0.15) is 24.2 Å². The maximum atomic E-state index is 13.9. The molecular formula is C34H37N3O8. The second-order valence-electron chi connectivity index (χ2n) is 11.5. The highest BCUT2D eigenvalue weighted by Crippen LogP contribution is 2.44. The Labute approximate surface area is 261 Å². The molecule has 3 N–H and O–H groups in total. The molecule has 0 aliphatic heterocycles. The van der Waals surface area contributed by atoms with E-state index in [1.54, 1.807) is 30.3 Å². The number of carbonyl (C=O) groups is 5. The van der Waals surface area contributed by atoms with E-state index in [0.717, 1.165) is 27.2 Å². The van der Waals surface area contributed by atoms with Crippen molar-refractivity contribution in [2.45, 2.75) is 50.2 Å². The van der Waals surface area contributed by atoms with E-state index in [-0.39, 0.29) is 18.9 Å². The summed E-state index contributed by atoms with van der Waals surface area (Å²) in [7, 11) is 2.82.